The van der Waals surface area contributed by atoms with Crippen molar-refractivity contribution in [1.82, 2.24) is 14.5 Å². The second-order valence-corrected chi connectivity index (χ2v) is 3.40. The van der Waals surface area contributed by atoms with E-state index in [9.17, 15) is 14.0 Å². The van der Waals surface area contributed by atoms with Gasteiger partial charge in [-0.3, -0.25) is 14.2 Å². The summed E-state index contributed by atoms with van der Waals surface area (Å²) in [7, 11) is 1.34. The van der Waals surface area contributed by atoms with Gasteiger partial charge in [-0.25, -0.2) is 4.98 Å². The van der Waals surface area contributed by atoms with Crippen LogP contribution in [-0.2, 0) is 7.05 Å². The molecule has 0 fully saturated rings. The standard InChI is InChI=1S/C8H6FN3O2S/c1-12-6-3(7(13)11-2-10-6)5(15)4(9)8(12)14/h2,15H,1H3,(H,10,11,13). The van der Waals surface area contributed by atoms with E-state index in [0.29, 0.717) is 0 Å². The summed E-state index contributed by atoms with van der Waals surface area (Å²) < 4.78 is 14.3. The van der Waals surface area contributed by atoms with Crippen LogP contribution in [0, 0.1) is 5.82 Å². The zero-order valence-electron chi connectivity index (χ0n) is 7.61. The van der Waals surface area contributed by atoms with E-state index in [-0.39, 0.29) is 15.9 Å². The molecule has 2 rings (SSSR count). The highest BCUT2D eigenvalue weighted by atomic mass is 32.1. The summed E-state index contributed by atoms with van der Waals surface area (Å²) in [6, 6.07) is 0. The number of fused-ring (bicyclic) bond motifs is 1. The van der Waals surface area contributed by atoms with Crippen molar-refractivity contribution in [3.8, 4) is 0 Å². The average molecular weight is 227 g/mol. The van der Waals surface area contributed by atoms with Gasteiger partial charge in [-0.2, -0.15) is 4.39 Å². The highest BCUT2D eigenvalue weighted by Crippen LogP contribution is 2.16. The minimum Gasteiger partial charge on any atom is -0.312 e. The first kappa shape index (κ1) is 9.91. The van der Waals surface area contributed by atoms with Gasteiger partial charge >= 0.3 is 0 Å². The lowest BCUT2D eigenvalue weighted by Crippen LogP contribution is -2.24. The van der Waals surface area contributed by atoms with Crippen molar-refractivity contribution in [3.63, 3.8) is 0 Å². The molecule has 1 N–H and O–H groups in total. The van der Waals surface area contributed by atoms with Gasteiger partial charge in [0.05, 0.1) is 16.6 Å². The summed E-state index contributed by atoms with van der Waals surface area (Å²) in [4.78, 5) is 28.5. The highest BCUT2D eigenvalue weighted by Gasteiger charge is 2.15. The number of nitrogens with one attached hydrogen (secondary N) is 1. The van der Waals surface area contributed by atoms with Gasteiger partial charge in [0.25, 0.3) is 11.1 Å². The molecule has 0 bridgehead atoms. The SMILES string of the molecule is Cn1c(=O)c(F)c(S)c2c(=O)[nH]cnc21. The molecule has 15 heavy (non-hydrogen) atoms. The number of H-pyrrole nitrogens is 1. The maximum atomic E-state index is 13.3. The van der Waals surface area contributed by atoms with E-state index in [1.165, 1.54) is 7.05 Å². The van der Waals surface area contributed by atoms with Gasteiger partial charge in [-0.15, -0.1) is 12.6 Å². The van der Waals surface area contributed by atoms with Gasteiger partial charge in [0.15, 0.2) is 5.65 Å². The Balaban J connectivity index is 3.23. The summed E-state index contributed by atoms with van der Waals surface area (Å²) in [5, 5.41) is -0.0274. The van der Waals surface area contributed by atoms with E-state index in [0.717, 1.165) is 10.9 Å². The summed E-state index contributed by atoms with van der Waals surface area (Å²) in [6.45, 7) is 0. The molecule has 78 valence electrons. The number of hydrogen-bond donors (Lipinski definition) is 2. The molecule has 0 aliphatic heterocycles. The fourth-order valence-corrected chi connectivity index (χ4v) is 1.61. The lowest BCUT2D eigenvalue weighted by molar-refractivity contribution is 0.572. The van der Waals surface area contributed by atoms with E-state index in [1.807, 2.05) is 0 Å². The molecule has 0 saturated carbocycles. The van der Waals surface area contributed by atoms with E-state index in [4.69, 9.17) is 0 Å². The van der Waals surface area contributed by atoms with Crippen LogP contribution >= 0.6 is 12.6 Å². The summed E-state index contributed by atoms with van der Waals surface area (Å²) >= 11 is 3.80. The van der Waals surface area contributed by atoms with Crippen LogP contribution in [0.5, 0.6) is 0 Å². The van der Waals surface area contributed by atoms with E-state index in [2.05, 4.69) is 22.6 Å². The second-order valence-electron chi connectivity index (χ2n) is 2.96. The number of aromatic nitrogens is 3. The van der Waals surface area contributed by atoms with Crippen molar-refractivity contribution in [1.29, 1.82) is 0 Å². The largest absolute Gasteiger partial charge is 0.312 e. The van der Waals surface area contributed by atoms with Crippen molar-refractivity contribution in [2.24, 2.45) is 7.05 Å². The van der Waals surface area contributed by atoms with E-state index < -0.39 is 16.9 Å². The van der Waals surface area contributed by atoms with E-state index in [1.54, 1.807) is 0 Å². The normalized spacial score (nSPS) is 10.9. The third-order valence-electron chi connectivity index (χ3n) is 2.09. The van der Waals surface area contributed by atoms with Crippen molar-refractivity contribution in [2.45, 2.75) is 4.90 Å². The Labute approximate surface area is 88.0 Å². The monoisotopic (exact) mass is 227 g/mol. The molecule has 0 spiro atoms. The molecule has 0 saturated heterocycles. The Morgan fingerprint density at radius 2 is 2.20 bits per heavy atom. The minimum atomic E-state index is -1.05. The molecule has 0 radical (unpaired) electrons. The second kappa shape index (κ2) is 3.20. The number of nitrogens with zero attached hydrogens (tertiary/aromatic N) is 2. The van der Waals surface area contributed by atoms with Gasteiger partial charge < -0.3 is 4.98 Å². The Morgan fingerprint density at radius 3 is 2.87 bits per heavy atom. The molecule has 7 heteroatoms. The fourth-order valence-electron chi connectivity index (χ4n) is 1.31. The molecular formula is C8H6FN3O2S. The van der Waals surface area contributed by atoms with Crippen LogP contribution in [0.1, 0.15) is 0 Å². The maximum Gasteiger partial charge on any atom is 0.289 e. The average Bonchev–Trinajstić information content (AvgIpc) is 2.23. The third-order valence-corrected chi connectivity index (χ3v) is 2.51. The van der Waals surface area contributed by atoms with Gasteiger partial charge in [0.2, 0.25) is 5.82 Å². The van der Waals surface area contributed by atoms with Crippen molar-refractivity contribution < 1.29 is 4.39 Å². The lowest BCUT2D eigenvalue weighted by atomic mass is 10.3. The highest BCUT2D eigenvalue weighted by molar-refractivity contribution is 7.80. The van der Waals surface area contributed by atoms with Crippen LogP contribution in [0.3, 0.4) is 0 Å². The molecule has 0 amide bonds. The van der Waals surface area contributed by atoms with Crippen LogP contribution in [0.2, 0.25) is 0 Å². The Morgan fingerprint density at radius 1 is 1.53 bits per heavy atom. The van der Waals surface area contributed by atoms with Crippen molar-refractivity contribution in [2.75, 3.05) is 0 Å². The number of aryl methyl sites for hydroxylation is 1. The molecular weight excluding hydrogens is 221 g/mol. The molecule has 2 heterocycles. The molecule has 0 aromatic carbocycles. The minimum absolute atomic E-state index is 0.0274. The fraction of sp³-hybridized carbons (Fsp3) is 0.125. The number of thiol groups is 1. The van der Waals surface area contributed by atoms with Crippen molar-refractivity contribution in [3.05, 3.63) is 32.9 Å². The van der Waals surface area contributed by atoms with Crippen molar-refractivity contribution >= 4 is 23.7 Å². The predicted octanol–water partition coefficient (Wildman–Crippen LogP) is 0.0496. The molecule has 2 aromatic heterocycles. The lowest BCUT2D eigenvalue weighted by Gasteiger charge is -2.05. The van der Waals surface area contributed by atoms with Crippen LogP contribution in [0.25, 0.3) is 11.0 Å². The number of hydrogen-bond acceptors (Lipinski definition) is 4. The zero-order chi connectivity index (χ0) is 11.2. The Hall–Kier alpha value is -1.63. The zero-order valence-corrected chi connectivity index (χ0v) is 8.51. The molecule has 0 aliphatic rings. The molecule has 0 unspecified atom stereocenters. The summed E-state index contributed by atoms with van der Waals surface area (Å²) in [6.07, 6.45) is 1.15. The quantitative estimate of drug-likeness (QED) is 0.625. The van der Waals surface area contributed by atoms with Gasteiger partial charge in [0, 0.05) is 7.05 Å². The van der Waals surface area contributed by atoms with Gasteiger partial charge in [-0.05, 0) is 0 Å². The first-order chi connectivity index (χ1) is 7.04. The van der Waals surface area contributed by atoms with Crippen LogP contribution in [0.15, 0.2) is 20.8 Å². The number of pyridine rings is 1. The predicted molar refractivity (Wildman–Crippen MR) is 54.8 cm³/mol. The molecule has 5 nitrogen and oxygen atoms in total. The number of aromatic amines is 1. The summed E-state index contributed by atoms with van der Waals surface area (Å²) in [5.74, 6) is -1.05. The first-order valence-corrected chi connectivity index (χ1v) is 4.43. The molecule has 0 aliphatic carbocycles. The smallest absolute Gasteiger partial charge is 0.289 e. The van der Waals surface area contributed by atoms with E-state index >= 15 is 0 Å². The van der Waals surface area contributed by atoms with Gasteiger partial charge in [0.1, 0.15) is 0 Å². The van der Waals surface area contributed by atoms with Gasteiger partial charge in [-0.1, -0.05) is 0 Å². The topological polar surface area (TPSA) is 67.8 Å². The van der Waals surface area contributed by atoms with Crippen LogP contribution in [0.4, 0.5) is 4.39 Å². The molecule has 0 atom stereocenters. The maximum absolute atomic E-state index is 13.3. The molecule has 2 aromatic rings. The first-order valence-electron chi connectivity index (χ1n) is 3.99. The summed E-state index contributed by atoms with van der Waals surface area (Å²) in [5.41, 5.74) is -1.28. The number of halogens is 1. The van der Waals surface area contributed by atoms with Crippen LogP contribution < -0.4 is 11.1 Å². The Bertz CT molecular complexity index is 661. The number of rotatable bonds is 0. The van der Waals surface area contributed by atoms with Crippen LogP contribution in [-0.4, -0.2) is 14.5 Å². The Kier molecular flexibility index (Phi) is 2.11. The third kappa shape index (κ3) is 1.27.